The molecule has 0 aromatic heterocycles. The van der Waals surface area contributed by atoms with Crippen molar-refractivity contribution in [3.8, 4) is 0 Å². The molecule has 0 atom stereocenters. The zero-order chi connectivity index (χ0) is 15.6. The number of piperazine rings is 1. The Morgan fingerprint density at radius 2 is 1.67 bits per heavy atom. The number of para-hydroxylation sites is 1. The molecular formula is C15H18N2O4. The van der Waals surface area contributed by atoms with Crippen LogP contribution in [0.4, 0.5) is 10.5 Å². The summed E-state index contributed by atoms with van der Waals surface area (Å²) in [6.07, 6.45) is -0.784. The number of amides is 3. The van der Waals surface area contributed by atoms with E-state index in [0.717, 1.165) is 4.90 Å². The van der Waals surface area contributed by atoms with Crippen LogP contribution in [-0.4, -0.2) is 41.5 Å². The minimum absolute atomic E-state index is 0.119. The zero-order valence-electron chi connectivity index (χ0n) is 12.3. The van der Waals surface area contributed by atoms with E-state index in [2.05, 4.69) is 0 Å². The lowest BCUT2D eigenvalue weighted by atomic mass is 10.2. The van der Waals surface area contributed by atoms with Crippen molar-refractivity contribution >= 4 is 23.6 Å². The molecule has 1 fully saturated rings. The highest BCUT2D eigenvalue weighted by molar-refractivity contribution is 6.42. The highest BCUT2D eigenvalue weighted by atomic mass is 16.6. The SMILES string of the molecule is CC(C)(C)OC(=O)N1CCN(c2ccccc2)C(=O)C1=O. The molecule has 0 bridgehead atoms. The van der Waals surface area contributed by atoms with Crippen LogP contribution in [-0.2, 0) is 14.3 Å². The maximum atomic E-state index is 12.1. The largest absolute Gasteiger partial charge is 0.443 e. The smallest absolute Gasteiger partial charge is 0.417 e. The highest BCUT2D eigenvalue weighted by Gasteiger charge is 2.38. The molecule has 1 aromatic rings. The maximum absolute atomic E-state index is 12.1. The molecule has 0 radical (unpaired) electrons. The van der Waals surface area contributed by atoms with Crippen molar-refractivity contribution in [1.82, 2.24) is 4.90 Å². The zero-order valence-corrected chi connectivity index (χ0v) is 12.3. The summed E-state index contributed by atoms with van der Waals surface area (Å²) in [4.78, 5) is 38.3. The van der Waals surface area contributed by atoms with Crippen molar-refractivity contribution in [2.24, 2.45) is 0 Å². The third-order valence-corrected chi connectivity index (χ3v) is 2.90. The Morgan fingerprint density at radius 3 is 2.24 bits per heavy atom. The molecule has 1 aliphatic heterocycles. The van der Waals surface area contributed by atoms with Crippen molar-refractivity contribution in [2.45, 2.75) is 26.4 Å². The number of ether oxygens (including phenoxy) is 1. The molecule has 2 rings (SSSR count). The normalized spacial score (nSPS) is 16.1. The van der Waals surface area contributed by atoms with Gasteiger partial charge >= 0.3 is 17.9 Å². The number of carbonyl (C=O) groups is 3. The molecular weight excluding hydrogens is 272 g/mol. The van der Waals surface area contributed by atoms with E-state index in [1.54, 1.807) is 45.0 Å². The van der Waals surface area contributed by atoms with Gasteiger partial charge < -0.3 is 9.64 Å². The van der Waals surface area contributed by atoms with Crippen molar-refractivity contribution in [3.63, 3.8) is 0 Å². The molecule has 3 amide bonds. The number of nitrogens with zero attached hydrogens (tertiary/aromatic N) is 2. The van der Waals surface area contributed by atoms with Gasteiger partial charge in [-0.05, 0) is 32.9 Å². The third kappa shape index (κ3) is 3.39. The Kier molecular flexibility index (Phi) is 3.97. The van der Waals surface area contributed by atoms with Crippen LogP contribution in [0.25, 0.3) is 0 Å². The van der Waals surface area contributed by atoms with Crippen LogP contribution in [0.3, 0.4) is 0 Å². The number of rotatable bonds is 1. The standard InChI is InChI=1S/C15H18N2O4/c1-15(2,3)21-14(20)17-10-9-16(12(18)13(17)19)11-7-5-4-6-8-11/h4-8H,9-10H2,1-3H3. The van der Waals surface area contributed by atoms with Gasteiger partial charge in [0, 0.05) is 12.2 Å². The van der Waals surface area contributed by atoms with Gasteiger partial charge in [0.05, 0.1) is 6.54 Å². The van der Waals surface area contributed by atoms with E-state index in [4.69, 9.17) is 4.74 Å². The average Bonchev–Trinajstić information content (AvgIpc) is 2.40. The number of hydrogen-bond acceptors (Lipinski definition) is 4. The lowest BCUT2D eigenvalue weighted by Gasteiger charge is -2.33. The summed E-state index contributed by atoms with van der Waals surface area (Å²) in [7, 11) is 0. The molecule has 1 aliphatic rings. The first kappa shape index (κ1) is 15.0. The molecule has 112 valence electrons. The van der Waals surface area contributed by atoms with Crippen LogP contribution in [0.15, 0.2) is 30.3 Å². The summed E-state index contributed by atoms with van der Waals surface area (Å²) in [5.41, 5.74) is -0.0727. The minimum atomic E-state index is -0.862. The third-order valence-electron chi connectivity index (χ3n) is 2.90. The van der Waals surface area contributed by atoms with E-state index in [1.807, 2.05) is 6.07 Å². The van der Waals surface area contributed by atoms with Crippen LogP contribution in [0.5, 0.6) is 0 Å². The van der Waals surface area contributed by atoms with Gasteiger partial charge in [0.15, 0.2) is 0 Å². The van der Waals surface area contributed by atoms with Gasteiger partial charge in [-0.15, -0.1) is 0 Å². The molecule has 1 saturated heterocycles. The molecule has 0 spiro atoms. The number of carbonyl (C=O) groups excluding carboxylic acids is 3. The van der Waals surface area contributed by atoms with Crippen LogP contribution in [0.2, 0.25) is 0 Å². The lowest BCUT2D eigenvalue weighted by molar-refractivity contribution is -0.145. The van der Waals surface area contributed by atoms with Crippen molar-refractivity contribution in [1.29, 1.82) is 0 Å². The number of anilines is 1. The second kappa shape index (κ2) is 5.55. The summed E-state index contributed by atoms with van der Waals surface area (Å²) in [6.45, 7) is 5.49. The molecule has 0 saturated carbocycles. The van der Waals surface area contributed by atoms with Gasteiger partial charge in [0.2, 0.25) is 0 Å². The first-order valence-electron chi connectivity index (χ1n) is 6.71. The number of benzene rings is 1. The van der Waals surface area contributed by atoms with Gasteiger partial charge in [-0.2, -0.15) is 0 Å². The Hall–Kier alpha value is -2.37. The summed E-state index contributed by atoms with van der Waals surface area (Å²) in [5.74, 6) is -1.59. The predicted octanol–water partition coefficient (Wildman–Crippen LogP) is 1.80. The first-order valence-corrected chi connectivity index (χ1v) is 6.71. The monoisotopic (exact) mass is 290 g/mol. The second-order valence-corrected chi connectivity index (χ2v) is 5.73. The molecule has 21 heavy (non-hydrogen) atoms. The topological polar surface area (TPSA) is 66.9 Å². The van der Waals surface area contributed by atoms with Crippen molar-refractivity contribution < 1.29 is 19.1 Å². The summed E-state index contributed by atoms with van der Waals surface area (Å²) < 4.78 is 5.13. The van der Waals surface area contributed by atoms with Crippen molar-refractivity contribution in [3.05, 3.63) is 30.3 Å². The predicted molar refractivity (Wildman–Crippen MR) is 76.7 cm³/mol. The summed E-state index contributed by atoms with van der Waals surface area (Å²) >= 11 is 0. The fraction of sp³-hybridized carbons (Fsp3) is 0.400. The fourth-order valence-corrected chi connectivity index (χ4v) is 1.98. The van der Waals surface area contributed by atoms with E-state index >= 15 is 0 Å². The summed E-state index contributed by atoms with van der Waals surface area (Å²) in [5, 5.41) is 0. The Balaban J connectivity index is 2.12. The first-order chi connectivity index (χ1) is 9.79. The van der Waals surface area contributed by atoms with E-state index in [9.17, 15) is 14.4 Å². The van der Waals surface area contributed by atoms with E-state index in [1.165, 1.54) is 4.90 Å². The van der Waals surface area contributed by atoms with Gasteiger partial charge in [0.25, 0.3) is 0 Å². The van der Waals surface area contributed by atoms with Gasteiger partial charge in [0.1, 0.15) is 5.60 Å². The van der Waals surface area contributed by atoms with E-state index < -0.39 is 23.5 Å². The van der Waals surface area contributed by atoms with E-state index in [-0.39, 0.29) is 13.1 Å². The Labute approximate surface area is 123 Å². The molecule has 1 heterocycles. The Morgan fingerprint density at radius 1 is 1.05 bits per heavy atom. The average molecular weight is 290 g/mol. The molecule has 0 aliphatic carbocycles. The van der Waals surface area contributed by atoms with Crippen molar-refractivity contribution in [2.75, 3.05) is 18.0 Å². The van der Waals surface area contributed by atoms with Crippen LogP contribution < -0.4 is 4.90 Å². The van der Waals surface area contributed by atoms with Gasteiger partial charge in [-0.25, -0.2) is 9.69 Å². The number of imide groups is 1. The van der Waals surface area contributed by atoms with Crippen LogP contribution in [0, 0.1) is 0 Å². The van der Waals surface area contributed by atoms with Gasteiger partial charge in [-0.3, -0.25) is 9.59 Å². The van der Waals surface area contributed by atoms with Gasteiger partial charge in [-0.1, -0.05) is 18.2 Å². The van der Waals surface area contributed by atoms with Crippen LogP contribution in [0.1, 0.15) is 20.8 Å². The minimum Gasteiger partial charge on any atom is -0.443 e. The molecule has 0 unspecified atom stereocenters. The molecule has 0 N–H and O–H groups in total. The maximum Gasteiger partial charge on any atom is 0.417 e. The Bertz CT molecular complexity index is 563. The number of hydrogen-bond donors (Lipinski definition) is 0. The molecule has 1 aromatic carbocycles. The quantitative estimate of drug-likeness (QED) is 0.740. The van der Waals surface area contributed by atoms with Crippen LogP contribution >= 0.6 is 0 Å². The highest BCUT2D eigenvalue weighted by Crippen LogP contribution is 2.19. The molecule has 6 nitrogen and oxygen atoms in total. The second-order valence-electron chi connectivity index (χ2n) is 5.73. The fourth-order valence-electron chi connectivity index (χ4n) is 1.98. The summed E-state index contributed by atoms with van der Waals surface area (Å²) in [6, 6.07) is 8.88. The molecule has 6 heteroatoms. The van der Waals surface area contributed by atoms with E-state index in [0.29, 0.717) is 5.69 Å². The lowest BCUT2D eigenvalue weighted by Crippen LogP contribution is -2.57.